The number of benzene rings is 1. The molecule has 1 fully saturated rings. The van der Waals surface area contributed by atoms with Gasteiger partial charge in [-0.25, -0.2) is 4.79 Å². The zero-order valence-electron chi connectivity index (χ0n) is 12.3. The van der Waals surface area contributed by atoms with E-state index in [1.165, 1.54) is 0 Å². The van der Waals surface area contributed by atoms with Crippen LogP contribution in [0.25, 0.3) is 0 Å². The van der Waals surface area contributed by atoms with Crippen molar-refractivity contribution in [3.05, 3.63) is 47.0 Å². The highest BCUT2D eigenvalue weighted by atomic mass is 79.9. The monoisotopic (exact) mass is 366 g/mol. The largest absolute Gasteiger partial charge is 0.445 e. The smallest absolute Gasteiger partial charge is 0.410 e. The molecule has 0 spiro atoms. The topological polar surface area (TPSA) is 58.6 Å². The van der Waals surface area contributed by atoms with Gasteiger partial charge in [0.15, 0.2) is 0 Å². The van der Waals surface area contributed by atoms with E-state index < -0.39 is 0 Å². The van der Waals surface area contributed by atoms with Gasteiger partial charge >= 0.3 is 6.09 Å². The zero-order valence-corrected chi connectivity index (χ0v) is 13.8. The number of ether oxygens (including phenoxy) is 1. The molecule has 2 amide bonds. The molecular weight excluding hydrogens is 348 g/mol. The molecule has 1 aliphatic rings. The third kappa shape index (κ3) is 4.59. The average molecular weight is 367 g/mol. The molecule has 22 heavy (non-hydrogen) atoms. The van der Waals surface area contributed by atoms with Gasteiger partial charge in [-0.05, 0) is 37.1 Å². The Labute approximate surface area is 138 Å². The van der Waals surface area contributed by atoms with E-state index in [2.05, 4.69) is 27.8 Å². The lowest BCUT2D eigenvalue weighted by Crippen LogP contribution is -2.46. The first-order chi connectivity index (χ1) is 10.6. The highest BCUT2D eigenvalue weighted by molar-refractivity contribution is 9.10. The van der Waals surface area contributed by atoms with Crippen molar-refractivity contribution in [3.8, 4) is 0 Å². The molecule has 1 aliphatic heterocycles. The number of likely N-dealkylation sites (tertiary alicyclic amines) is 1. The average Bonchev–Trinajstić information content (AvgIpc) is 2.54. The third-order valence-corrected chi connectivity index (χ3v) is 4.05. The number of piperidine rings is 1. The molecule has 2 rings (SSSR count). The second kappa shape index (κ2) is 7.98. The Morgan fingerprint density at radius 1 is 1.32 bits per heavy atom. The van der Waals surface area contributed by atoms with Crippen molar-refractivity contribution in [1.29, 1.82) is 0 Å². The van der Waals surface area contributed by atoms with Gasteiger partial charge in [0.2, 0.25) is 0 Å². The Morgan fingerprint density at radius 3 is 2.55 bits per heavy atom. The molecule has 0 unspecified atom stereocenters. The number of halogens is 1. The first kappa shape index (κ1) is 16.5. The summed E-state index contributed by atoms with van der Waals surface area (Å²) in [6.45, 7) is 4.90. The molecule has 1 aromatic rings. The number of nitrogens with one attached hydrogen (secondary N) is 1. The van der Waals surface area contributed by atoms with Gasteiger partial charge in [-0.3, -0.25) is 4.79 Å². The van der Waals surface area contributed by atoms with Gasteiger partial charge in [-0.1, -0.05) is 28.6 Å². The maximum Gasteiger partial charge on any atom is 0.410 e. The fourth-order valence-corrected chi connectivity index (χ4v) is 2.56. The predicted molar refractivity (Wildman–Crippen MR) is 87.7 cm³/mol. The normalized spacial score (nSPS) is 15.2. The maximum atomic E-state index is 12.1. The highest BCUT2D eigenvalue weighted by Crippen LogP contribution is 2.14. The molecule has 0 bridgehead atoms. The van der Waals surface area contributed by atoms with E-state index in [9.17, 15) is 9.59 Å². The Morgan fingerprint density at radius 2 is 1.95 bits per heavy atom. The number of nitrogens with zero attached hydrogens (tertiary/aromatic N) is 1. The van der Waals surface area contributed by atoms with E-state index in [-0.39, 0.29) is 24.6 Å². The van der Waals surface area contributed by atoms with Crippen molar-refractivity contribution in [2.45, 2.75) is 18.9 Å². The lowest BCUT2D eigenvalue weighted by molar-refractivity contribution is 0.0874. The minimum absolute atomic E-state index is 0.0830. The Kier molecular flexibility index (Phi) is 6.00. The SMILES string of the molecule is C=CCOC(=O)N1CCC(NC(=O)c2ccc(Br)cc2)CC1. The summed E-state index contributed by atoms with van der Waals surface area (Å²) in [6.07, 6.45) is 2.68. The van der Waals surface area contributed by atoms with Crippen LogP contribution in [0.2, 0.25) is 0 Å². The maximum absolute atomic E-state index is 12.1. The van der Waals surface area contributed by atoms with Crippen molar-refractivity contribution < 1.29 is 14.3 Å². The van der Waals surface area contributed by atoms with E-state index in [1.807, 2.05) is 12.1 Å². The molecule has 0 aliphatic carbocycles. The predicted octanol–water partition coefficient (Wildman–Crippen LogP) is 2.97. The van der Waals surface area contributed by atoms with Crippen molar-refractivity contribution in [2.24, 2.45) is 0 Å². The molecule has 1 saturated heterocycles. The molecule has 1 N–H and O–H groups in total. The summed E-state index contributed by atoms with van der Waals surface area (Å²) in [5.41, 5.74) is 0.635. The van der Waals surface area contributed by atoms with Crippen LogP contribution in [-0.4, -0.2) is 42.6 Å². The summed E-state index contributed by atoms with van der Waals surface area (Å²) in [7, 11) is 0. The Balaban J connectivity index is 1.79. The van der Waals surface area contributed by atoms with Crippen LogP contribution in [0.3, 0.4) is 0 Å². The van der Waals surface area contributed by atoms with E-state index in [1.54, 1.807) is 23.1 Å². The number of hydrogen-bond donors (Lipinski definition) is 1. The molecule has 0 atom stereocenters. The van der Waals surface area contributed by atoms with Crippen molar-refractivity contribution >= 4 is 27.9 Å². The standard InChI is InChI=1S/C16H19BrN2O3/c1-2-11-22-16(21)19-9-7-14(8-10-19)18-15(20)12-3-5-13(17)6-4-12/h2-6,14H,1,7-11H2,(H,18,20). The summed E-state index contributed by atoms with van der Waals surface area (Å²) >= 11 is 3.34. The molecule has 118 valence electrons. The second-order valence-corrected chi connectivity index (χ2v) is 6.02. The lowest BCUT2D eigenvalue weighted by Gasteiger charge is -2.31. The zero-order chi connectivity index (χ0) is 15.9. The number of carbonyl (C=O) groups is 2. The minimum atomic E-state index is -0.322. The van der Waals surface area contributed by atoms with Crippen molar-refractivity contribution in [3.63, 3.8) is 0 Å². The van der Waals surface area contributed by atoms with Gasteiger partial charge in [0.25, 0.3) is 5.91 Å². The van der Waals surface area contributed by atoms with Gasteiger partial charge in [0.1, 0.15) is 6.61 Å². The Hall–Kier alpha value is -1.82. The molecule has 1 aromatic carbocycles. The van der Waals surface area contributed by atoms with E-state index in [4.69, 9.17) is 4.74 Å². The summed E-state index contributed by atoms with van der Waals surface area (Å²) < 4.78 is 5.94. The van der Waals surface area contributed by atoms with Crippen molar-refractivity contribution in [2.75, 3.05) is 19.7 Å². The van der Waals surface area contributed by atoms with Gasteiger partial charge in [0.05, 0.1) is 0 Å². The van der Waals surface area contributed by atoms with Crippen LogP contribution in [-0.2, 0) is 4.74 Å². The van der Waals surface area contributed by atoms with Gasteiger partial charge in [-0.2, -0.15) is 0 Å². The second-order valence-electron chi connectivity index (χ2n) is 5.11. The lowest BCUT2D eigenvalue weighted by atomic mass is 10.0. The molecular formula is C16H19BrN2O3. The van der Waals surface area contributed by atoms with Crippen molar-refractivity contribution in [1.82, 2.24) is 10.2 Å². The molecule has 0 aromatic heterocycles. The summed E-state index contributed by atoms with van der Waals surface area (Å²) in [5.74, 6) is -0.0832. The number of amides is 2. The minimum Gasteiger partial charge on any atom is -0.445 e. The van der Waals surface area contributed by atoms with Crippen LogP contribution in [0.1, 0.15) is 23.2 Å². The van der Waals surface area contributed by atoms with Crippen LogP contribution in [0, 0.1) is 0 Å². The van der Waals surface area contributed by atoms with Gasteiger partial charge < -0.3 is 15.0 Å². The summed E-state index contributed by atoms with van der Waals surface area (Å²) in [5, 5.41) is 3.01. The molecule has 6 heteroatoms. The molecule has 5 nitrogen and oxygen atoms in total. The summed E-state index contributed by atoms with van der Waals surface area (Å²) in [6, 6.07) is 7.32. The fraction of sp³-hybridized carbons (Fsp3) is 0.375. The Bertz CT molecular complexity index is 537. The van der Waals surface area contributed by atoms with Gasteiger partial charge in [0, 0.05) is 29.2 Å². The van der Waals surface area contributed by atoms with E-state index in [0.29, 0.717) is 18.7 Å². The van der Waals surface area contributed by atoms with Crippen LogP contribution in [0.15, 0.2) is 41.4 Å². The summed E-state index contributed by atoms with van der Waals surface area (Å²) in [4.78, 5) is 25.5. The number of rotatable bonds is 4. The quantitative estimate of drug-likeness (QED) is 0.833. The van der Waals surface area contributed by atoms with Crippen LogP contribution < -0.4 is 5.32 Å². The first-order valence-electron chi connectivity index (χ1n) is 7.19. The number of carbonyl (C=O) groups excluding carboxylic acids is 2. The number of hydrogen-bond acceptors (Lipinski definition) is 3. The van der Waals surface area contributed by atoms with Gasteiger partial charge in [-0.15, -0.1) is 0 Å². The highest BCUT2D eigenvalue weighted by Gasteiger charge is 2.24. The van der Waals surface area contributed by atoms with Crippen LogP contribution in [0.5, 0.6) is 0 Å². The first-order valence-corrected chi connectivity index (χ1v) is 7.98. The molecule has 0 radical (unpaired) electrons. The third-order valence-electron chi connectivity index (χ3n) is 3.52. The molecule has 0 saturated carbocycles. The van der Waals surface area contributed by atoms with Crippen LogP contribution in [0.4, 0.5) is 4.79 Å². The van der Waals surface area contributed by atoms with E-state index >= 15 is 0 Å². The van der Waals surface area contributed by atoms with E-state index in [0.717, 1.165) is 17.3 Å². The van der Waals surface area contributed by atoms with Crippen LogP contribution >= 0.6 is 15.9 Å². The molecule has 1 heterocycles. The fourth-order valence-electron chi connectivity index (χ4n) is 2.30.